The highest BCUT2D eigenvalue weighted by Crippen LogP contribution is 2.60. The molecule has 1 amide bonds. The summed E-state index contributed by atoms with van der Waals surface area (Å²) in [5, 5.41) is -0.0853. The number of amides is 1. The fourth-order valence-corrected chi connectivity index (χ4v) is 5.22. The van der Waals surface area contributed by atoms with E-state index in [1.807, 2.05) is 13.8 Å². The van der Waals surface area contributed by atoms with E-state index in [0.29, 0.717) is 0 Å². The van der Waals surface area contributed by atoms with E-state index >= 15 is 0 Å². The summed E-state index contributed by atoms with van der Waals surface area (Å²) in [6.45, 7) is 3.89. The van der Waals surface area contributed by atoms with Gasteiger partial charge in [0.2, 0.25) is 0 Å². The molecule has 0 saturated carbocycles. The van der Waals surface area contributed by atoms with Crippen LogP contribution in [0.1, 0.15) is 13.8 Å². The van der Waals surface area contributed by atoms with Crippen molar-refractivity contribution >= 4 is 71.4 Å². The Kier molecular flexibility index (Phi) is 3.65. The molecule has 2 atom stereocenters. The van der Waals surface area contributed by atoms with Gasteiger partial charge in [-0.2, -0.15) is 0 Å². The number of hydrogen-bond acceptors (Lipinski definition) is 4. The summed E-state index contributed by atoms with van der Waals surface area (Å²) in [5.41, 5.74) is 0.142. The van der Waals surface area contributed by atoms with Crippen molar-refractivity contribution in [1.29, 1.82) is 0 Å². The van der Waals surface area contributed by atoms with Crippen LogP contribution in [-0.2, 0) is 14.3 Å². The van der Waals surface area contributed by atoms with Crippen LogP contribution in [0.15, 0.2) is 0 Å². The molecule has 0 aliphatic carbocycles. The van der Waals surface area contributed by atoms with E-state index in [1.165, 1.54) is 0 Å². The lowest BCUT2D eigenvalue weighted by atomic mass is 9.98. The van der Waals surface area contributed by atoms with E-state index < -0.39 is 9.28 Å². The summed E-state index contributed by atoms with van der Waals surface area (Å²) >= 11 is 11.3. The van der Waals surface area contributed by atoms with Gasteiger partial charge in [0.05, 0.1) is 0 Å². The Morgan fingerprint density at radius 1 is 1.53 bits per heavy atom. The molecule has 2 aliphatic rings. The summed E-state index contributed by atoms with van der Waals surface area (Å²) in [6, 6.07) is -0.536. The quantitative estimate of drug-likeness (QED) is 0.367. The third-order valence-electron chi connectivity index (χ3n) is 2.85. The molecule has 0 N–H and O–H groups in total. The molecule has 2 rings (SSSR count). The fraction of sp³-hybridized carbons (Fsp3) is 0.778. The van der Waals surface area contributed by atoms with Gasteiger partial charge in [-0.25, -0.2) is 4.79 Å². The van der Waals surface area contributed by atoms with E-state index in [9.17, 15) is 9.59 Å². The Bertz CT molecular complexity index is 388. The number of rotatable bonds is 2. The maximum Gasteiger partial charge on any atom is 0.331 e. The van der Waals surface area contributed by atoms with E-state index in [1.54, 1.807) is 16.7 Å². The lowest BCUT2D eigenvalue weighted by Crippen LogP contribution is -2.68. The predicted molar refractivity (Wildman–Crippen MR) is 76.6 cm³/mol. The van der Waals surface area contributed by atoms with Gasteiger partial charge in [0, 0.05) is 4.75 Å². The molecule has 2 fully saturated rings. The number of fused-ring (bicyclic) bond motifs is 1. The highest BCUT2D eigenvalue weighted by Gasteiger charge is 2.70. The maximum atomic E-state index is 12.0. The second-order valence-electron chi connectivity index (χ2n) is 4.38. The first-order valence-electron chi connectivity index (χ1n) is 4.84. The summed E-state index contributed by atoms with van der Waals surface area (Å²) in [5.74, 6) is -0.497. The number of carbonyl (C=O) groups excluding carboxylic acids is 2. The third-order valence-corrected chi connectivity index (χ3v) is 6.87. The van der Waals surface area contributed by atoms with Crippen LogP contribution in [0, 0.1) is 0 Å². The predicted octanol–water partition coefficient (Wildman–Crippen LogP) is 2.43. The number of halogens is 3. The third kappa shape index (κ3) is 1.99. The number of alkyl halides is 3. The first-order chi connectivity index (χ1) is 7.73. The van der Waals surface area contributed by atoms with E-state index in [-0.39, 0.29) is 27.5 Å². The number of thioether (sulfide) groups is 1. The minimum Gasteiger partial charge on any atom is -0.452 e. The van der Waals surface area contributed by atoms with Gasteiger partial charge in [0.25, 0.3) is 5.91 Å². The molecule has 0 aromatic carbocycles. The largest absolute Gasteiger partial charge is 0.452 e. The number of esters is 1. The van der Waals surface area contributed by atoms with Gasteiger partial charge >= 0.3 is 5.97 Å². The Morgan fingerprint density at radius 2 is 2.12 bits per heavy atom. The topological polar surface area (TPSA) is 46.6 Å². The molecular formula is C9H10Br3NO3S. The highest BCUT2D eigenvalue weighted by molar-refractivity contribution is 9.26. The molecule has 4 nitrogen and oxygen atoms in total. The lowest BCUT2D eigenvalue weighted by molar-refractivity contribution is -0.159. The molecule has 2 aliphatic heterocycles. The van der Waals surface area contributed by atoms with Crippen molar-refractivity contribution in [3.8, 4) is 0 Å². The van der Waals surface area contributed by atoms with Crippen molar-refractivity contribution in [1.82, 2.24) is 4.90 Å². The first kappa shape index (κ1) is 14.1. The average molecular weight is 452 g/mol. The zero-order valence-corrected chi connectivity index (χ0v) is 14.7. The van der Waals surface area contributed by atoms with Crippen LogP contribution in [0.2, 0.25) is 0 Å². The normalized spacial score (nSPS) is 33.0. The minimum absolute atomic E-state index is 0.0853. The monoisotopic (exact) mass is 449 g/mol. The molecule has 96 valence electrons. The smallest absolute Gasteiger partial charge is 0.331 e. The van der Waals surface area contributed by atoms with Gasteiger partial charge in [-0.3, -0.25) is 4.79 Å². The molecule has 0 bridgehead atoms. The van der Waals surface area contributed by atoms with E-state index in [2.05, 4.69) is 47.8 Å². The van der Waals surface area contributed by atoms with Gasteiger partial charge in [0.15, 0.2) is 3.23 Å². The Morgan fingerprint density at radius 3 is 2.65 bits per heavy atom. The number of nitrogens with zero attached hydrogens (tertiary/aromatic N) is 1. The standard InChI is InChI=1S/C9H10Br3NO3S/c1-8(2)4(5(14)16-3-10)13-6(15)9(11,12)7(13)17-8/h4,7H,3H2,1-2H3/t4-,7+/m0/s1. The second-order valence-corrected chi connectivity index (χ2v) is 10.1. The summed E-state index contributed by atoms with van der Waals surface area (Å²) in [7, 11) is 0. The van der Waals surface area contributed by atoms with Crippen LogP contribution in [-0.4, -0.2) is 41.7 Å². The van der Waals surface area contributed by atoms with Crippen LogP contribution in [0.5, 0.6) is 0 Å². The molecular weight excluding hydrogens is 442 g/mol. The molecule has 0 radical (unpaired) electrons. The average Bonchev–Trinajstić information content (AvgIpc) is 2.48. The van der Waals surface area contributed by atoms with Crippen LogP contribution >= 0.6 is 59.6 Å². The Hall–Kier alpha value is 0.730. The lowest BCUT2D eigenvalue weighted by Gasteiger charge is -2.46. The maximum absolute atomic E-state index is 12.0. The second kappa shape index (κ2) is 4.38. The summed E-state index contributed by atoms with van der Waals surface area (Å²) in [6.07, 6.45) is 0. The summed E-state index contributed by atoms with van der Waals surface area (Å²) < 4.78 is 3.87. The van der Waals surface area contributed by atoms with Crippen molar-refractivity contribution in [2.45, 2.75) is 33.2 Å². The molecule has 0 aromatic rings. The van der Waals surface area contributed by atoms with Gasteiger partial charge in [-0.1, -0.05) is 31.9 Å². The van der Waals surface area contributed by atoms with E-state index in [4.69, 9.17) is 4.74 Å². The van der Waals surface area contributed by atoms with Crippen LogP contribution in [0.25, 0.3) is 0 Å². The molecule has 8 heteroatoms. The fourth-order valence-electron chi connectivity index (χ4n) is 2.09. The van der Waals surface area contributed by atoms with Gasteiger partial charge in [-0.05, 0) is 29.8 Å². The molecule has 2 saturated heterocycles. The van der Waals surface area contributed by atoms with Crippen molar-refractivity contribution in [3.63, 3.8) is 0 Å². The Balaban J connectivity index is 2.28. The number of β-lactam (4-membered cyclic amide) rings is 1. The first-order valence-corrected chi connectivity index (χ1v) is 8.43. The zero-order valence-electron chi connectivity index (χ0n) is 9.08. The van der Waals surface area contributed by atoms with Crippen molar-refractivity contribution in [3.05, 3.63) is 0 Å². The van der Waals surface area contributed by atoms with E-state index in [0.717, 1.165) is 0 Å². The molecule has 2 heterocycles. The Labute approximate surface area is 129 Å². The number of ether oxygens (including phenoxy) is 1. The van der Waals surface area contributed by atoms with Crippen molar-refractivity contribution in [2.24, 2.45) is 0 Å². The van der Waals surface area contributed by atoms with Crippen LogP contribution < -0.4 is 0 Å². The minimum atomic E-state index is -0.745. The van der Waals surface area contributed by atoms with Gasteiger partial charge in [0.1, 0.15) is 16.9 Å². The van der Waals surface area contributed by atoms with Crippen LogP contribution in [0.4, 0.5) is 0 Å². The van der Waals surface area contributed by atoms with Gasteiger partial charge in [-0.15, -0.1) is 11.8 Å². The zero-order chi connectivity index (χ0) is 13.0. The SMILES string of the molecule is CC1(C)S[C@H]2N(C(=O)C2(Br)Br)[C@H]1C(=O)OCBr. The molecule has 17 heavy (non-hydrogen) atoms. The van der Waals surface area contributed by atoms with Gasteiger partial charge < -0.3 is 9.64 Å². The molecule has 0 aromatic heterocycles. The summed E-state index contributed by atoms with van der Waals surface area (Å²) in [4.78, 5) is 25.5. The molecule has 0 spiro atoms. The molecule has 0 unspecified atom stereocenters. The number of carbonyl (C=O) groups is 2. The van der Waals surface area contributed by atoms with Crippen molar-refractivity contribution < 1.29 is 14.3 Å². The van der Waals surface area contributed by atoms with Crippen LogP contribution in [0.3, 0.4) is 0 Å². The van der Waals surface area contributed by atoms with Crippen molar-refractivity contribution in [2.75, 3.05) is 5.52 Å². The highest BCUT2D eigenvalue weighted by atomic mass is 79.9. The number of hydrogen-bond donors (Lipinski definition) is 0.